The summed E-state index contributed by atoms with van der Waals surface area (Å²) in [5.41, 5.74) is 1.26. The lowest BCUT2D eigenvalue weighted by Gasteiger charge is -2.14. The third kappa shape index (κ3) is 2.55. The minimum absolute atomic E-state index is 0.189. The lowest BCUT2D eigenvalue weighted by atomic mass is 10.2. The molecule has 0 radical (unpaired) electrons. The van der Waals surface area contributed by atoms with Gasteiger partial charge in [0, 0.05) is 25.7 Å². The summed E-state index contributed by atoms with van der Waals surface area (Å²) in [6.07, 6.45) is -0.253. The first-order valence-corrected chi connectivity index (χ1v) is 6.28. The molecule has 5 heteroatoms. The van der Waals surface area contributed by atoms with Crippen LogP contribution in [-0.4, -0.2) is 30.3 Å². The van der Waals surface area contributed by atoms with E-state index < -0.39 is 0 Å². The van der Waals surface area contributed by atoms with Gasteiger partial charge in [-0.3, -0.25) is 0 Å². The van der Waals surface area contributed by atoms with Crippen molar-refractivity contribution in [3.63, 3.8) is 0 Å². The summed E-state index contributed by atoms with van der Waals surface area (Å²) in [7, 11) is 0. The van der Waals surface area contributed by atoms with Crippen molar-refractivity contribution in [1.29, 1.82) is 0 Å². The van der Waals surface area contributed by atoms with E-state index in [9.17, 15) is 5.11 Å². The van der Waals surface area contributed by atoms with Crippen molar-refractivity contribution < 1.29 is 5.11 Å². The number of rotatable bonds is 3. The van der Waals surface area contributed by atoms with Gasteiger partial charge in [-0.25, -0.2) is 0 Å². The lowest BCUT2D eigenvalue weighted by molar-refractivity contribution is 0.162. The Bertz CT molecular complexity index is 305. The number of aliphatic hydroxyl groups is 1. The van der Waals surface area contributed by atoms with Gasteiger partial charge in [-0.2, -0.15) is 0 Å². The quantitative estimate of drug-likeness (QED) is 0.770. The van der Waals surface area contributed by atoms with Crippen molar-refractivity contribution in [1.82, 2.24) is 10.6 Å². The Kier molecular flexibility index (Phi) is 3.57. The van der Waals surface area contributed by atoms with Crippen LogP contribution in [0.2, 0.25) is 0 Å². The molecule has 78 valence electrons. The molecule has 0 unspecified atom stereocenters. The van der Waals surface area contributed by atoms with Crippen molar-refractivity contribution >= 4 is 27.3 Å². The third-order valence-electron chi connectivity index (χ3n) is 2.37. The molecule has 0 aromatic carbocycles. The fourth-order valence-corrected chi connectivity index (χ4v) is 2.77. The van der Waals surface area contributed by atoms with Gasteiger partial charge in [0.25, 0.3) is 0 Å². The zero-order valence-corrected chi connectivity index (χ0v) is 10.1. The first kappa shape index (κ1) is 10.6. The van der Waals surface area contributed by atoms with Crippen LogP contribution >= 0.6 is 27.3 Å². The molecule has 1 fully saturated rings. The van der Waals surface area contributed by atoms with Crippen molar-refractivity contribution in [2.75, 3.05) is 13.1 Å². The summed E-state index contributed by atoms with van der Waals surface area (Å²) >= 11 is 5.11. The van der Waals surface area contributed by atoms with E-state index in [1.165, 1.54) is 5.56 Å². The molecule has 3 nitrogen and oxygen atoms in total. The first-order valence-electron chi connectivity index (χ1n) is 4.61. The first-order chi connectivity index (χ1) is 6.75. The highest BCUT2D eigenvalue weighted by Gasteiger charge is 2.23. The molecule has 2 atom stereocenters. The monoisotopic (exact) mass is 276 g/mol. The average Bonchev–Trinajstić information content (AvgIpc) is 2.72. The van der Waals surface area contributed by atoms with Gasteiger partial charge in [0.15, 0.2) is 0 Å². The summed E-state index contributed by atoms with van der Waals surface area (Å²) in [6, 6.07) is 2.29. The molecule has 1 aromatic heterocycles. The Balaban J connectivity index is 1.82. The number of hydrogen-bond donors (Lipinski definition) is 3. The van der Waals surface area contributed by atoms with E-state index in [1.54, 1.807) is 11.3 Å². The maximum Gasteiger partial charge on any atom is 0.0829 e. The highest BCUT2D eigenvalue weighted by Crippen LogP contribution is 2.20. The highest BCUT2D eigenvalue weighted by atomic mass is 79.9. The Morgan fingerprint density at radius 3 is 3.07 bits per heavy atom. The molecule has 0 bridgehead atoms. The third-order valence-corrected chi connectivity index (χ3v) is 3.93. The normalized spacial score (nSPS) is 27.0. The van der Waals surface area contributed by atoms with Gasteiger partial charge in [0.2, 0.25) is 0 Å². The van der Waals surface area contributed by atoms with Crippen molar-refractivity contribution in [3.8, 4) is 0 Å². The van der Waals surface area contributed by atoms with E-state index in [2.05, 4.69) is 38.0 Å². The molecule has 3 N–H and O–H groups in total. The van der Waals surface area contributed by atoms with Gasteiger partial charge in [-0.1, -0.05) is 0 Å². The van der Waals surface area contributed by atoms with Crippen LogP contribution in [-0.2, 0) is 6.54 Å². The smallest absolute Gasteiger partial charge is 0.0829 e. The van der Waals surface area contributed by atoms with Crippen LogP contribution in [0.25, 0.3) is 0 Å². The topological polar surface area (TPSA) is 44.3 Å². The van der Waals surface area contributed by atoms with Crippen LogP contribution in [0.15, 0.2) is 15.2 Å². The molecule has 2 rings (SSSR count). The number of aliphatic hydroxyl groups excluding tert-OH is 1. The molecule has 0 saturated carbocycles. The SMILES string of the molecule is O[C@@H]1CNC[C@H]1NCc1csc(Br)c1. The van der Waals surface area contributed by atoms with Crippen molar-refractivity contribution in [3.05, 3.63) is 20.8 Å². The minimum Gasteiger partial charge on any atom is -0.390 e. The summed E-state index contributed by atoms with van der Waals surface area (Å²) < 4.78 is 1.15. The fraction of sp³-hybridized carbons (Fsp3) is 0.556. The molecule has 2 heterocycles. The Labute approximate surface area is 95.7 Å². The maximum atomic E-state index is 9.54. The second-order valence-electron chi connectivity index (χ2n) is 3.47. The number of nitrogens with one attached hydrogen (secondary N) is 2. The second-order valence-corrected chi connectivity index (χ2v) is 5.76. The van der Waals surface area contributed by atoms with Crippen LogP contribution in [0.3, 0.4) is 0 Å². The van der Waals surface area contributed by atoms with Crippen LogP contribution in [0.4, 0.5) is 0 Å². The Hall–Kier alpha value is 0.0600. The molecular formula is C9H13BrN2OS. The summed E-state index contributed by atoms with van der Waals surface area (Å²) in [5, 5.41) is 18.1. The van der Waals surface area contributed by atoms with Crippen molar-refractivity contribution in [2.45, 2.75) is 18.7 Å². The zero-order chi connectivity index (χ0) is 9.97. The number of β-amino-alcohol motifs (C(OH)–C–C–N with tert-alkyl or cyclic N) is 1. The number of hydrogen-bond acceptors (Lipinski definition) is 4. The summed E-state index contributed by atoms with van der Waals surface area (Å²) in [5.74, 6) is 0. The van der Waals surface area contributed by atoms with Crippen molar-refractivity contribution in [2.24, 2.45) is 0 Å². The standard InChI is InChI=1S/C9H13BrN2OS/c10-9-1-6(5-14-9)2-12-7-3-11-4-8(7)13/h1,5,7-8,11-13H,2-4H2/t7-,8-/m1/s1. The van der Waals surface area contributed by atoms with Gasteiger partial charge in [0.05, 0.1) is 9.89 Å². The minimum atomic E-state index is -0.253. The maximum absolute atomic E-state index is 9.54. The van der Waals surface area contributed by atoms with E-state index in [-0.39, 0.29) is 12.1 Å². The second kappa shape index (κ2) is 4.72. The lowest BCUT2D eigenvalue weighted by Crippen LogP contribution is -2.38. The fourth-order valence-electron chi connectivity index (χ4n) is 1.56. The van der Waals surface area contributed by atoms with Crippen LogP contribution < -0.4 is 10.6 Å². The molecule has 1 aliphatic rings. The molecule has 1 aliphatic heterocycles. The van der Waals surface area contributed by atoms with E-state index in [0.717, 1.165) is 16.9 Å². The highest BCUT2D eigenvalue weighted by molar-refractivity contribution is 9.11. The van der Waals surface area contributed by atoms with Gasteiger partial charge >= 0.3 is 0 Å². The van der Waals surface area contributed by atoms with E-state index in [1.807, 2.05) is 0 Å². The van der Waals surface area contributed by atoms with Crippen LogP contribution in [0.5, 0.6) is 0 Å². The van der Waals surface area contributed by atoms with Gasteiger partial charge < -0.3 is 15.7 Å². The summed E-state index contributed by atoms with van der Waals surface area (Å²) in [6.45, 7) is 2.38. The molecule has 0 aliphatic carbocycles. The van der Waals surface area contributed by atoms with E-state index >= 15 is 0 Å². The molecule has 1 aromatic rings. The van der Waals surface area contributed by atoms with E-state index in [0.29, 0.717) is 6.54 Å². The molecule has 14 heavy (non-hydrogen) atoms. The molecular weight excluding hydrogens is 264 g/mol. The Morgan fingerprint density at radius 1 is 1.64 bits per heavy atom. The van der Waals surface area contributed by atoms with Gasteiger partial charge in [0.1, 0.15) is 0 Å². The predicted molar refractivity (Wildman–Crippen MR) is 61.5 cm³/mol. The number of halogens is 1. The average molecular weight is 277 g/mol. The zero-order valence-electron chi connectivity index (χ0n) is 7.66. The number of thiophene rings is 1. The largest absolute Gasteiger partial charge is 0.390 e. The van der Waals surface area contributed by atoms with Crippen LogP contribution in [0, 0.1) is 0 Å². The Morgan fingerprint density at radius 2 is 2.50 bits per heavy atom. The van der Waals surface area contributed by atoms with E-state index in [4.69, 9.17) is 0 Å². The summed E-state index contributed by atoms with van der Waals surface area (Å²) in [4.78, 5) is 0. The van der Waals surface area contributed by atoms with Gasteiger partial charge in [-0.15, -0.1) is 11.3 Å². The molecule has 0 spiro atoms. The van der Waals surface area contributed by atoms with Gasteiger partial charge in [-0.05, 0) is 32.9 Å². The molecule has 0 amide bonds. The molecule has 1 saturated heterocycles. The van der Waals surface area contributed by atoms with Crippen LogP contribution in [0.1, 0.15) is 5.56 Å². The predicted octanol–water partition coefficient (Wildman–Crippen LogP) is 0.933.